The van der Waals surface area contributed by atoms with Gasteiger partial charge in [0.2, 0.25) is 0 Å². The number of carbonyl (C=O) groups is 1. The molecule has 0 amide bonds. The van der Waals surface area contributed by atoms with Crippen molar-refractivity contribution in [3.8, 4) is 0 Å². The van der Waals surface area contributed by atoms with E-state index in [0.717, 1.165) is 14.3 Å². The van der Waals surface area contributed by atoms with Crippen LogP contribution < -0.4 is 11.2 Å². The number of rotatable bonds is 3. The van der Waals surface area contributed by atoms with Gasteiger partial charge in [-0.05, 0) is 19.1 Å². The predicted octanol–water partition coefficient (Wildman–Crippen LogP) is 1.23. The molecule has 4 rings (SSSR count). The van der Waals surface area contributed by atoms with Crippen LogP contribution in [-0.2, 0) is 20.6 Å². The molecule has 3 heterocycles. The van der Waals surface area contributed by atoms with Crippen LogP contribution in [0.1, 0.15) is 15.4 Å². The minimum absolute atomic E-state index is 0.280. The second kappa shape index (κ2) is 5.73. The number of hydrogen-bond donors (Lipinski definition) is 0. The summed E-state index contributed by atoms with van der Waals surface area (Å²) < 4.78 is 4.67. The van der Waals surface area contributed by atoms with Crippen molar-refractivity contribution in [1.82, 2.24) is 23.7 Å². The normalized spacial score (nSPS) is 11.5. The van der Waals surface area contributed by atoms with Crippen LogP contribution in [0, 0.1) is 6.92 Å². The third-order valence-corrected chi connectivity index (χ3v) is 5.27. The largest absolute Gasteiger partial charge is 0.332 e. The van der Waals surface area contributed by atoms with E-state index in [0.29, 0.717) is 16.7 Å². The quantitative estimate of drug-likeness (QED) is 0.507. The van der Waals surface area contributed by atoms with Gasteiger partial charge in [0.1, 0.15) is 0 Å². The van der Waals surface area contributed by atoms with Crippen molar-refractivity contribution in [2.24, 2.45) is 14.1 Å². The molecule has 0 aliphatic carbocycles. The van der Waals surface area contributed by atoms with Crippen molar-refractivity contribution < 1.29 is 4.79 Å². The lowest BCUT2D eigenvalue weighted by molar-refractivity contribution is 0.0970. The number of para-hydroxylation sites is 1. The van der Waals surface area contributed by atoms with Crippen LogP contribution in [0.2, 0.25) is 0 Å². The van der Waals surface area contributed by atoms with Crippen LogP contribution in [0.3, 0.4) is 0 Å². The molecule has 0 fully saturated rings. The number of aromatic nitrogens is 5. The molecule has 0 saturated carbocycles. The number of Topliss-reactive ketones (excluding diaryl/α,β-unsaturated/α-hetero) is 1. The molecular weight excluding hydrogens is 354 g/mol. The molecular formula is C17H15N5O3S. The summed E-state index contributed by atoms with van der Waals surface area (Å²) in [6.45, 7) is 1.53. The number of nitrogens with zero attached hydrogens (tertiary/aromatic N) is 5. The molecule has 4 aromatic rings. The minimum Gasteiger partial charge on any atom is -0.328 e. The summed E-state index contributed by atoms with van der Waals surface area (Å²) in [6, 6.07) is 5.34. The molecule has 0 aliphatic rings. The van der Waals surface area contributed by atoms with Gasteiger partial charge >= 0.3 is 5.69 Å². The van der Waals surface area contributed by atoms with E-state index in [1.165, 1.54) is 29.3 Å². The first-order valence-electron chi connectivity index (χ1n) is 7.88. The lowest BCUT2D eigenvalue weighted by Crippen LogP contribution is -2.41. The van der Waals surface area contributed by atoms with Crippen LogP contribution in [0.15, 0.2) is 34.1 Å². The van der Waals surface area contributed by atoms with Crippen molar-refractivity contribution in [3.05, 3.63) is 55.9 Å². The molecule has 3 aromatic heterocycles. The molecule has 1 aromatic carbocycles. The molecule has 0 unspecified atom stereocenters. The van der Waals surface area contributed by atoms with E-state index >= 15 is 0 Å². The summed E-state index contributed by atoms with van der Waals surface area (Å²) in [7, 11) is 3.20. The number of aryl methyl sites for hydroxylation is 3. The highest BCUT2D eigenvalue weighted by Gasteiger charge is 2.19. The Bertz CT molecular complexity index is 1310. The maximum absolute atomic E-state index is 12.8. The lowest BCUT2D eigenvalue weighted by atomic mass is 10.1. The molecule has 0 radical (unpaired) electrons. The molecule has 132 valence electrons. The first-order chi connectivity index (χ1) is 12.4. The topological polar surface area (TPSA) is 91.8 Å². The molecule has 0 bridgehead atoms. The van der Waals surface area contributed by atoms with E-state index in [1.54, 1.807) is 23.7 Å². The maximum Gasteiger partial charge on any atom is 0.332 e. The van der Waals surface area contributed by atoms with E-state index in [-0.39, 0.29) is 17.8 Å². The van der Waals surface area contributed by atoms with Crippen molar-refractivity contribution in [2.75, 3.05) is 0 Å². The Morgan fingerprint density at radius 3 is 2.77 bits per heavy atom. The number of fused-ring (bicyclic) bond motifs is 2. The monoisotopic (exact) mass is 369 g/mol. The highest BCUT2D eigenvalue weighted by molar-refractivity contribution is 7.18. The first-order valence-corrected chi connectivity index (χ1v) is 8.70. The van der Waals surface area contributed by atoms with E-state index in [9.17, 15) is 14.4 Å². The van der Waals surface area contributed by atoms with Crippen molar-refractivity contribution >= 4 is 38.5 Å². The second-order valence-corrected chi connectivity index (χ2v) is 7.30. The average Bonchev–Trinajstić information content (AvgIpc) is 3.18. The zero-order valence-corrected chi connectivity index (χ0v) is 15.2. The van der Waals surface area contributed by atoms with Gasteiger partial charge in [-0.3, -0.25) is 18.7 Å². The Hall–Kier alpha value is -3.07. The van der Waals surface area contributed by atoms with Gasteiger partial charge in [-0.2, -0.15) is 0 Å². The average molecular weight is 369 g/mol. The fourth-order valence-electron chi connectivity index (χ4n) is 3.05. The van der Waals surface area contributed by atoms with Crippen LogP contribution in [-0.4, -0.2) is 29.5 Å². The van der Waals surface area contributed by atoms with Crippen LogP contribution >= 0.6 is 11.3 Å². The summed E-state index contributed by atoms with van der Waals surface area (Å²) in [5.74, 6) is -0.332. The van der Waals surface area contributed by atoms with E-state index in [2.05, 4.69) is 9.97 Å². The Labute approximate surface area is 151 Å². The highest BCUT2D eigenvalue weighted by atomic mass is 32.1. The van der Waals surface area contributed by atoms with E-state index in [4.69, 9.17) is 0 Å². The Morgan fingerprint density at radius 1 is 1.23 bits per heavy atom. The molecule has 8 nitrogen and oxygen atoms in total. The summed E-state index contributed by atoms with van der Waals surface area (Å²) in [5, 5.41) is 0.852. The first kappa shape index (κ1) is 16.4. The minimum atomic E-state index is -0.573. The number of imidazole rings is 1. The summed E-state index contributed by atoms with van der Waals surface area (Å²) in [4.78, 5) is 46.6. The smallest absolute Gasteiger partial charge is 0.328 e. The zero-order chi connectivity index (χ0) is 18.6. The maximum atomic E-state index is 12.8. The number of hydrogen-bond acceptors (Lipinski definition) is 6. The second-order valence-electron chi connectivity index (χ2n) is 6.07. The SMILES string of the molecule is Cc1nc2c(C(=O)Cn3c(=O)c4c(ncn4C)n(C)c3=O)cccc2s1. The van der Waals surface area contributed by atoms with Crippen LogP contribution in [0.5, 0.6) is 0 Å². The Balaban J connectivity index is 1.87. The van der Waals surface area contributed by atoms with Crippen molar-refractivity contribution in [2.45, 2.75) is 13.5 Å². The number of benzene rings is 1. The van der Waals surface area contributed by atoms with Gasteiger partial charge in [0.25, 0.3) is 5.56 Å². The van der Waals surface area contributed by atoms with Crippen molar-refractivity contribution in [1.29, 1.82) is 0 Å². The molecule has 0 N–H and O–H groups in total. The number of thiazole rings is 1. The van der Waals surface area contributed by atoms with Crippen molar-refractivity contribution in [3.63, 3.8) is 0 Å². The molecule has 0 saturated heterocycles. The summed E-state index contributed by atoms with van der Waals surface area (Å²) in [5.41, 5.74) is 0.484. The summed E-state index contributed by atoms with van der Waals surface area (Å²) in [6.07, 6.45) is 1.47. The zero-order valence-electron chi connectivity index (χ0n) is 14.4. The third kappa shape index (κ3) is 2.31. The molecule has 0 spiro atoms. The third-order valence-electron chi connectivity index (χ3n) is 4.33. The highest BCUT2D eigenvalue weighted by Crippen LogP contribution is 2.24. The van der Waals surface area contributed by atoms with Gasteiger partial charge in [0.15, 0.2) is 16.9 Å². The van der Waals surface area contributed by atoms with E-state index in [1.807, 2.05) is 13.0 Å². The van der Waals surface area contributed by atoms with E-state index < -0.39 is 11.2 Å². The Morgan fingerprint density at radius 2 is 2.00 bits per heavy atom. The molecule has 0 aliphatic heterocycles. The van der Waals surface area contributed by atoms with Crippen LogP contribution in [0.4, 0.5) is 0 Å². The van der Waals surface area contributed by atoms with Gasteiger partial charge in [-0.1, -0.05) is 6.07 Å². The van der Waals surface area contributed by atoms with Gasteiger partial charge in [0, 0.05) is 19.7 Å². The van der Waals surface area contributed by atoms with Crippen LogP contribution in [0.25, 0.3) is 21.4 Å². The Kier molecular flexibility index (Phi) is 3.62. The van der Waals surface area contributed by atoms with Gasteiger partial charge in [0.05, 0.1) is 28.1 Å². The predicted molar refractivity (Wildman–Crippen MR) is 98.9 cm³/mol. The summed E-state index contributed by atoms with van der Waals surface area (Å²) >= 11 is 1.49. The molecule has 26 heavy (non-hydrogen) atoms. The molecule has 9 heteroatoms. The fourth-order valence-corrected chi connectivity index (χ4v) is 3.90. The number of ketones is 1. The van der Waals surface area contributed by atoms with Gasteiger partial charge < -0.3 is 4.57 Å². The number of carbonyl (C=O) groups excluding carboxylic acids is 1. The lowest BCUT2D eigenvalue weighted by Gasteiger charge is -2.08. The molecule has 0 atom stereocenters. The van der Waals surface area contributed by atoms with Gasteiger partial charge in [-0.15, -0.1) is 11.3 Å². The standard InChI is InChI=1S/C17H15N5O3S/c1-9-19-13-10(5-4-6-12(13)26-9)11(23)7-22-16(24)14-15(18-8-20(14)2)21(3)17(22)25/h4-6,8H,7H2,1-3H3. The fraction of sp³-hybridized carbons (Fsp3) is 0.235. The van der Waals surface area contributed by atoms with Gasteiger partial charge in [-0.25, -0.2) is 14.8 Å².